The van der Waals surface area contributed by atoms with Crippen LogP contribution < -0.4 is 10.1 Å². The molecule has 0 fully saturated rings. The van der Waals surface area contributed by atoms with Crippen molar-refractivity contribution in [1.29, 1.82) is 0 Å². The first-order valence-electron chi connectivity index (χ1n) is 6.48. The number of carbonyl (C=O) groups is 1. The predicted octanol–water partition coefficient (Wildman–Crippen LogP) is 1.02. The number of hydrogen-bond donors (Lipinski definition) is 2. The molecule has 0 saturated carbocycles. The fourth-order valence-electron chi connectivity index (χ4n) is 1.23. The third kappa shape index (κ3) is 5.79. The topological polar surface area (TPSA) is 84.3 Å². The summed E-state index contributed by atoms with van der Waals surface area (Å²) in [7, 11) is 0. The number of carbonyl (C=O) groups excluding carboxylic acids is 1. The summed E-state index contributed by atoms with van der Waals surface area (Å²) in [6, 6.07) is 0.318. The second kappa shape index (κ2) is 7.59. The maximum atomic E-state index is 11.6. The van der Waals surface area contributed by atoms with Gasteiger partial charge in [-0.25, -0.2) is 9.97 Å². The number of aliphatic hydroxyl groups excluding tert-OH is 1. The number of aromatic nitrogens is 2. The van der Waals surface area contributed by atoms with Crippen molar-refractivity contribution in [3.63, 3.8) is 0 Å². The lowest BCUT2D eigenvalue weighted by Crippen LogP contribution is -2.35. The minimum Gasteiger partial charge on any atom is -0.464 e. The van der Waals surface area contributed by atoms with Crippen LogP contribution in [0, 0.1) is 5.41 Å². The highest BCUT2D eigenvalue weighted by Crippen LogP contribution is 2.11. The lowest BCUT2D eigenvalue weighted by Gasteiger charge is -2.21. The van der Waals surface area contributed by atoms with Crippen molar-refractivity contribution in [2.75, 3.05) is 19.8 Å². The number of hydrogen-bond acceptors (Lipinski definition) is 5. The van der Waals surface area contributed by atoms with Gasteiger partial charge in [-0.2, -0.15) is 0 Å². The van der Waals surface area contributed by atoms with Crippen molar-refractivity contribution in [3.05, 3.63) is 24.0 Å². The quantitative estimate of drug-likeness (QED) is 0.728. The van der Waals surface area contributed by atoms with Gasteiger partial charge in [0.15, 0.2) is 0 Å². The van der Waals surface area contributed by atoms with Crippen LogP contribution in [0.3, 0.4) is 0 Å². The Kier molecular flexibility index (Phi) is 6.11. The average Bonchev–Trinajstić information content (AvgIpc) is 2.45. The van der Waals surface area contributed by atoms with Crippen LogP contribution >= 0.6 is 0 Å². The van der Waals surface area contributed by atoms with Crippen LogP contribution in [0.1, 0.15) is 26.3 Å². The first kappa shape index (κ1) is 16.1. The zero-order chi connectivity index (χ0) is 15.0. The molecule has 0 saturated heterocycles. The van der Waals surface area contributed by atoms with E-state index in [0.717, 1.165) is 0 Å². The van der Waals surface area contributed by atoms with E-state index in [1.54, 1.807) is 18.5 Å². The Morgan fingerprint density at radius 3 is 2.65 bits per heavy atom. The van der Waals surface area contributed by atoms with Gasteiger partial charge in [-0.15, -0.1) is 0 Å². The van der Waals surface area contributed by atoms with Crippen LogP contribution in [0.4, 0.5) is 0 Å². The van der Waals surface area contributed by atoms with Crippen LogP contribution in [-0.2, 0) is 4.79 Å². The molecule has 6 nitrogen and oxygen atoms in total. The van der Waals surface area contributed by atoms with Gasteiger partial charge in [0.05, 0.1) is 6.61 Å². The van der Waals surface area contributed by atoms with Gasteiger partial charge in [0.1, 0.15) is 0 Å². The lowest BCUT2D eigenvalue weighted by molar-refractivity contribution is -0.116. The molecule has 0 aliphatic heterocycles. The monoisotopic (exact) mass is 279 g/mol. The molecular formula is C14H21N3O3. The van der Waals surface area contributed by atoms with E-state index in [2.05, 4.69) is 15.3 Å². The third-order valence-electron chi connectivity index (χ3n) is 2.52. The van der Waals surface area contributed by atoms with E-state index in [1.807, 2.05) is 20.8 Å². The minimum absolute atomic E-state index is 0.0176. The highest BCUT2D eigenvalue weighted by molar-refractivity contribution is 5.91. The average molecular weight is 279 g/mol. The van der Waals surface area contributed by atoms with Crippen LogP contribution in [0.2, 0.25) is 0 Å². The summed E-state index contributed by atoms with van der Waals surface area (Å²) in [5.74, 6) is -0.222. The van der Waals surface area contributed by atoms with Gasteiger partial charge in [-0.05, 0) is 13.0 Å². The van der Waals surface area contributed by atoms with E-state index >= 15 is 0 Å². The fourth-order valence-corrected chi connectivity index (χ4v) is 1.23. The smallest absolute Gasteiger partial charge is 0.316 e. The summed E-state index contributed by atoms with van der Waals surface area (Å²) in [4.78, 5) is 19.6. The zero-order valence-corrected chi connectivity index (χ0v) is 12.1. The van der Waals surface area contributed by atoms with Crippen molar-refractivity contribution >= 4 is 12.0 Å². The van der Waals surface area contributed by atoms with Gasteiger partial charge in [0.2, 0.25) is 5.91 Å². The summed E-state index contributed by atoms with van der Waals surface area (Å²) in [5, 5.41) is 11.8. The summed E-state index contributed by atoms with van der Waals surface area (Å²) >= 11 is 0. The SMILES string of the molecule is CCOc1ncc(/C=C/C(=O)NCC(C)(C)CO)cn1. The molecule has 0 aromatic carbocycles. The molecule has 1 heterocycles. The molecule has 0 aliphatic carbocycles. The number of rotatable bonds is 7. The van der Waals surface area contributed by atoms with Gasteiger partial charge in [0, 0.05) is 42.6 Å². The maximum Gasteiger partial charge on any atom is 0.316 e. The molecule has 6 heteroatoms. The van der Waals surface area contributed by atoms with Gasteiger partial charge in [0.25, 0.3) is 0 Å². The number of aliphatic hydroxyl groups is 1. The highest BCUT2D eigenvalue weighted by atomic mass is 16.5. The molecule has 0 bridgehead atoms. The summed E-state index contributed by atoms with van der Waals surface area (Å²) < 4.78 is 5.13. The Balaban J connectivity index is 2.48. The van der Waals surface area contributed by atoms with Crippen molar-refractivity contribution < 1.29 is 14.6 Å². The molecule has 1 amide bonds. The Morgan fingerprint density at radius 1 is 1.45 bits per heavy atom. The molecule has 1 rings (SSSR count). The third-order valence-corrected chi connectivity index (χ3v) is 2.52. The van der Waals surface area contributed by atoms with Crippen LogP contribution in [0.25, 0.3) is 6.08 Å². The van der Waals surface area contributed by atoms with E-state index in [1.165, 1.54) is 6.08 Å². The number of amides is 1. The molecule has 0 atom stereocenters. The number of ether oxygens (including phenoxy) is 1. The van der Waals surface area contributed by atoms with Gasteiger partial charge >= 0.3 is 6.01 Å². The van der Waals surface area contributed by atoms with Crippen molar-refractivity contribution in [1.82, 2.24) is 15.3 Å². The lowest BCUT2D eigenvalue weighted by atomic mass is 9.95. The number of nitrogens with one attached hydrogen (secondary N) is 1. The molecule has 1 aromatic heterocycles. The molecule has 20 heavy (non-hydrogen) atoms. The van der Waals surface area contributed by atoms with E-state index in [9.17, 15) is 4.79 Å². The molecular weight excluding hydrogens is 258 g/mol. The number of nitrogens with zero attached hydrogens (tertiary/aromatic N) is 2. The van der Waals surface area contributed by atoms with Crippen molar-refractivity contribution in [2.24, 2.45) is 5.41 Å². The Hall–Kier alpha value is -1.95. The fraction of sp³-hybridized carbons (Fsp3) is 0.500. The van der Waals surface area contributed by atoms with E-state index in [0.29, 0.717) is 24.7 Å². The maximum absolute atomic E-state index is 11.6. The molecule has 0 aliphatic rings. The molecule has 0 radical (unpaired) electrons. The molecule has 2 N–H and O–H groups in total. The largest absolute Gasteiger partial charge is 0.464 e. The summed E-state index contributed by atoms with van der Waals surface area (Å²) in [6.07, 6.45) is 6.20. The van der Waals surface area contributed by atoms with Crippen LogP contribution in [-0.4, -0.2) is 40.7 Å². The Bertz CT molecular complexity index is 455. The standard InChI is InChI=1S/C14H21N3O3/c1-4-20-13-15-7-11(8-16-13)5-6-12(19)17-9-14(2,3)10-18/h5-8,18H,4,9-10H2,1-3H3,(H,17,19)/b6-5+. The van der Waals surface area contributed by atoms with E-state index in [4.69, 9.17) is 9.84 Å². The van der Waals surface area contributed by atoms with Gasteiger partial charge in [-0.3, -0.25) is 4.79 Å². The van der Waals surface area contributed by atoms with Crippen molar-refractivity contribution in [2.45, 2.75) is 20.8 Å². The van der Waals surface area contributed by atoms with Crippen LogP contribution in [0.15, 0.2) is 18.5 Å². The molecule has 0 spiro atoms. The second-order valence-corrected chi connectivity index (χ2v) is 5.11. The summed E-state index contributed by atoms with van der Waals surface area (Å²) in [5.41, 5.74) is 0.385. The molecule has 0 unspecified atom stereocenters. The van der Waals surface area contributed by atoms with E-state index in [-0.39, 0.29) is 17.9 Å². The zero-order valence-electron chi connectivity index (χ0n) is 12.1. The summed E-state index contributed by atoms with van der Waals surface area (Å²) in [6.45, 7) is 6.54. The highest BCUT2D eigenvalue weighted by Gasteiger charge is 2.16. The Labute approximate surface area is 118 Å². The van der Waals surface area contributed by atoms with Gasteiger partial charge in [-0.1, -0.05) is 13.8 Å². The predicted molar refractivity (Wildman–Crippen MR) is 76.1 cm³/mol. The van der Waals surface area contributed by atoms with Gasteiger partial charge < -0.3 is 15.2 Å². The normalized spacial score (nSPS) is 11.6. The van der Waals surface area contributed by atoms with Crippen molar-refractivity contribution in [3.8, 4) is 6.01 Å². The molecule has 1 aromatic rings. The second-order valence-electron chi connectivity index (χ2n) is 5.11. The van der Waals surface area contributed by atoms with Crippen LogP contribution in [0.5, 0.6) is 6.01 Å². The first-order valence-corrected chi connectivity index (χ1v) is 6.48. The molecule has 110 valence electrons. The minimum atomic E-state index is -0.328. The Morgan fingerprint density at radius 2 is 2.10 bits per heavy atom. The van der Waals surface area contributed by atoms with E-state index < -0.39 is 0 Å². The first-order chi connectivity index (χ1) is 9.46.